The number of benzene rings is 7. The summed E-state index contributed by atoms with van der Waals surface area (Å²) in [5, 5.41) is 44.8. The molecule has 0 aliphatic heterocycles. The Balaban J connectivity index is 0.00000164. The Bertz CT molecular complexity index is 5280. The number of rotatable bonds is 1. The maximum Gasteiger partial charge on any atom is 0.293 e. The molecule has 0 saturated heterocycles. The van der Waals surface area contributed by atoms with Crippen molar-refractivity contribution in [1.29, 1.82) is 1.43 Å². The van der Waals surface area contributed by atoms with Crippen molar-refractivity contribution < 1.29 is 79.0 Å². The maximum atomic E-state index is 10.1. The molecule has 0 unspecified atom stereocenters. The summed E-state index contributed by atoms with van der Waals surface area (Å²) in [4.78, 5) is 0. The average molecular weight is 1430 g/mol. The van der Waals surface area contributed by atoms with E-state index in [1.165, 1.54) is 177 Å². The van der Waals surface area contributed by atoms with Crippen molar-refractivity contribution in [2.24, 2.45) is 0 Å². The van der Waals surface area contributed by atoms with Gasteiger partial charge in [-0.3, -0.25) is 0 Å². The van der Waals surface area contributed by atoms with Gasteiger partial charge in [-0.1, -0.05) is 334 Å². The molecule has 0 aliphatic rings. The summed E-state index contributed by atoms with van der Waals surface area (Å²) in [7, 11) is 0. The van der Waals surface area contributed by atoms with Crippen LogP contribution in [0, 0.1) is 13.8 Å². The van der Waals surface area contributed by atoms with Crippen molar-refractivity contribution in [3.63, 3.8) is 0 Å². The normalized spacial score (nSPS) is 19.6. The van der Waals surface area contributed by atoms with Gasteiger partial charge in [-0.25, -0.2) is 0 Å². The SMILES string of the molecule is C.[2H]C([2H])([2H])C(C)(C)c1cc(C(C)(C)C([2H])([2H])[2H])c(O)cc1N.[2H]C([2H])([2H])C(C)(C)c1cc(C(C)(C)C)c(N)cc1O.[2H]C([2H])([2H])C(C)(C)c1cc(C(C)(C)C)c(O)cc1N.[2H]Oc1c([2H])cc(C(C)(C)C([2H])([2H])[2H])cc1C(C)(C)C([2H])([2H])[2H].[2H]c1cc(C(C)(C)C([2H])([2H])[2H])cc(C(C)(C([2H])([2H])[2H])C([2H])([2H])[2H])c1C.[2H]c1cc(C(C)(C)C([2H])([2H])[2H])cc(C(C)(C)C([2H])([2H])[2H])c1O.[2H]c1cc([2H])c(C)c([2H])c1. The lowest BCUT2D eigenvalue weighted by atomic mass is 9.79. The molecule has 0 fully saturated rings. The fourth-order valence-corrected chi connectivity index (χ4v) is 9.62. The highest BCUT2D eigenvalue weighted by Gasteiger charge is 2.29. The molecule has 0 radical (unpaired) electrons. The molecule has 0 atom stereocenters. The van der Waals surface area contributed by atoms with Crippen LogP contribution in [0.4, 0.5) is 17.1 Å². The molecule has 0 heterocycles. The second kappa shape index (κ2) is 34.5. The minimum absolute atomic E-state index is 0. The van der Waals surface area contributed by atoms with E-state index in [2.05, 4.69) is 5.11 Å². The third kappa shape index (κ3) is 30.0. The Labute approximate surface area is 676 Å². The van der Waals surface area contributed by atoms with Crippen LogP contribution in [0.2, 0.25) is 0 Å². The third-order valence-corrected chi connectivity index (χ3v) is 15.6. The van der Waals surface area contributed by atoms with Gasteiger partial charge in [-0.2, -0.15) is 0 Å². The van der Waals surface area contributed by atoms with E-state index in [9.17, 15) is 20.4 Å². The predicted octanol–water partition coefficient (Wildman–Crippen LogP) is 25.9. The molecule has 0 aromatic heterocycles. The van der Waals surface area contributed by atoms with Crippen molar-refractivity contribution in [2.75, 3.05) is 17.2 Å². The number of aromatic hydroxyl groups is 5. The molecule has 101 heavy (non-hydrogen) atoms. The quantitative estimate of drug-likeness (QED) is 0.0748. The lowest BCUT2D eigenvalue weighted by Crippen LogP contribution is -2.18. The zero-order valence-electron chi connectivity index (χ0n) is 105. The number of nitrogens with two attached hydrogens (primary N) is 3. The van der Waals surface area contributed by atoms with Gasteiger partial charge in [0.05, 0.1) is 8.22 Å². The minimum Gasteiger partial charge on any atom is -0.508 e. The lowest BCUT2D eigenvalue weighted by molar-refractivity contribution is 0.444. The molecule has 0 amide bonds. The van der Waals surface area contributed by atoms with Crippen LogP contribution in [0.5, 0.6) is 28.7 Å². The van der Waals surface area contributed by atoms with Crippen LogP contribution in [0.25, 0.3) is 0 Å². The van der Waals surface area contributed by atoms with Gasteiger partial charge in [0.1, 0.15) is 28.7 Å². The molecule has 7 aromatic rings. The first-order valence-corrected chi connectivity index (χ1v) is 32.8. The highest BCUT2D eigenvalue weighted by atomic mass is 16.3. The molecule has 0 bridgehead atoms. The largest absolute Gasteiger partial charge is 0.508 e. The average Bonchev–Trinajstić information content (AvgIpc) is 0.743. The van der Waals surface area contributed by atoms with Crippen LogP contribution in [-0.2, 0) is 65.0 Å². The van der Waals surface area contributed by atoms with E-state index in [0.29, 0.717) is 50.3 Å². The Morgan fingerprint density at radius 2 is 0.535 bits per heavy atom. The first-order chi connectivity index (χ1) is 61.1. The van der Waals surface area contributed by atoms with E-state index in [0.717, 1.165) is 12.5 Å². The molecular formula is C93H149N3O5. The smallest absolute Gasteiger partial charge is 0.293 e. The molecule has 0 aliphatic carbocycles. The summed E-state index contributed by atoms with van der Waals surface area (Å²) in [6, 6.07) is 20.2. The third-order valence-electron chi connectivity index (χ3n) is 15.6. The summed E-state index contributed by atoms with van der Waals surface area (Å²) < 4.78 is 307. The predicted molar refractivity (Wildman–Crippen MR) is 447 cm³/mol. The second-order valence-corrected chi connectivity index (χ2v) is 32.7. The van der Waals surface area contributed by atoms with E-state index < -0.39 is 135 Å². The van der Waals surface area contributed by atoms with Crippen LogP contribution in [0.1, 0.15) is 387 Å². The lowest BCUT2D eigenvalue weighted by Gasteiger charge is -2.27. The molecular weight excluding hydrogens is 1240 g/mol. The number of anilines is 3. The van der Waals surface area contributed by atoms with Gasteiger partial charge in [-0.15, -0.1) is 0 Å². The van der Waals surface area contributed by atoms with Crippen LogP contribution in [0.3, 0.4) is 0 Å². The van der Waals surface area contributed by atoms with E-state index in [4.69, 9.17) is 72.1 Å². The van der Waals surface area contributed by atoms with Crippen molar-refractivity contribution in [1.82, 2.24) is 0 Å². The summed E-state index contributed by atoms with van der Waals surface area (Å²) in [6.07, 6.45) is 0. The van der Waals surface area contributed by atoms with Gasteiger partial charge in [0.25, 0.3) is 1.43 Å². The van der Waals surface area contributed by atoms with Crippen LogP contribution >= 0.6 is 0 Å². The van der Waals surface area contributed by atoms with Gasteiger partial charge in [-0.05, 0) is 181 Å². The number of phenols is 5. The van der Waals surface area contributed by atoms with Crippen molar-refractivity contribution in [3.8, 4) is 28.7 Å². The minimum atomic E-state index is -2.86. The molecule has 566 valence electrons. The van der Waals surface area contributed by atoms with Crippen LogP contribution in [0.15, 0.2) is 121 Å². The monoisotopic (exact) mass is 1430 g/mol. The fraction of sp³-hybridized carbons (Fsp3) is 0.548. The molecule has 0 spiro atoms. The fourth-order valence-electron chi connectivity index (χ4n) is 9.62. The molecule has 8 heteroatoms. The van der Waals surface area contributed by atoms with Gasteiger partial charge >= 0.3 is 0 Å². The van der Waals surface area contributed by atoms with Gasteiger partial charge in [0.2, 0.25) is 0 Å². The number of phenolic OH excluding ortho intramolecular Hbond substituents is 5. The summed E-state index contributed by atoms with van der Waals surface area (Å²) in [5.74, 6) is -0.798. The Morgan fingerprint density at radius 3 is 0.832 bits per heavy atom. The molecule has 0 saturated carbocycles. The zero-order valence-corrected chi connectivity index (χ0v) is 64.5. The Kier molecular flexibility index (Phi) is 15.7. The molecule has 8 nitrogen and oxygen atoms in total. The summed E-state index contributed by atoms with van der Waals surface area (Å²) >= 11 is 0. The standard InChI is InChI=1S/C15H24.3C14H23NO.2C14H22O.C7H8.CH4/c1-11-8-9-12(14(2,3)4)10-13(11)15(5,6)7;3*1-13(2,3)9-7-10(14(4,5)6)12(16)8-11(9)15;2*1-13(2,3)10-7-8-12(15)11(9-10)14(4,5)6;1-7-5-3-2-4-6-7;/h8-10H,1-7H3;3*7-8,16H,15H2,1-6H3;2*7-9,15H,1-6H3;2-6H,1H3;1H4/i2D3,5D3,6D3,8D;1D3,4D3;4D3;1D3;2*1D3,4D3,8D;2D,5D,6D;/hD. The van der Waals surface area contributed by atoms with Crippen LogP contribution in [-0.4, -0.2) is 27.0 Å². The Hall–Kier alpha value is -7.06. The zero-order chi connectivity index (χ0) is 112. The van der Waals surface area contributed by atoms with E-state index in [1.807, 2.05) is 41.5 Å². The molecule has 7 rings (SSSR count). The summed E-state index contributed by atoms with van der Waals surface area (Å²) in [5.41, 5.74) is 9.22. The van der Waals surface area contributed by atoms with Crippen molar-refractivity contribution in [2.45, 2.75) is 335 Å². The topological polar surface area (TPSA) is 179 Å². The van der Waals surface area contributed by atoms with E-state index in [1.54, 1.807) is 46.8 Å². The van der Waals surface area contributed by atoms with Crippen LogP contribution < -0.4 is 17.2 Å². The van der Waals surface area contributed by atoms with Gasteiger partial charge in [0.15, 0.2) is 0 Å². The summed E-state index contributed by atoms with van der Waals surface area (Å²) in [6.45, 7) is 16.9. The van der Waals surface area contributed by atoms with E-state index >= 15 is 0 Å². The first kappa shape index (κ1) is 45.9. The van der Waals surface area contributed by atoms with E-state index in [-0.39, 0.29) is 117 Å². The van der Waals surface area contributed by atoms with Gasteiger partial charge in [0, 0.05) is 80.5 Å². The highest BCUT2D eigenvalue weighted by Crippen LogP contribution is 2.43. The number of hydrogen-bond donors (Lipinski definition) is 8. The van der Waals surface area contributed by atoms with Crippen molar-refractivity contribution >= 4 is 17.1 Å². The Morgan fingerprint density at radius 1 is 0.287 bits per heavy atom. The first-order valence-electron chi connectivity index (χ1n) is 52.7. The number of nitrogen functional groups attached to an aromatic ring is 3. The molecule has 7 aromatic carbocycles. The molecule has 11 N–H and O–H groups in total. The van der Waals surface area contributed by atoms with Gasteiger partial charge < -0.3 is 42.7 Å². The van der Waals surface area contributed by atoms with Crippen molar-refractivity contribution in [3.05, 3.63) is 199 Å². The number of hydrogen-bond acceptors (Lipinski definition) is 8. The maximum absolute atomic E-state index is 10.1. The second-order valence-electron chi connectivity index (χ2n) is 32.7. The highest BCUT2D eigenvalue weighted by molar-refractivity contribution is 5.61.